The Hall–Kier alpha value is -1.71. The Labute approximate surface area is 91.5 Å². The summed E-state index contributed by atoms with van der Waals surface area (Å²) >= 11 is 0. The van der Waals surface area contributed by atoms with Crippen molar-refractivity contribution in [2.45, 2.75) is 18.9 Å². The number of hydrogen-bond donors (Lipinski definition) is 0. The molecule has 0 aromatic heterocycles. The number of ketones is 1. The fraction of sp³-hybridized carbons (Fsp3) is 0.250. The zero-order valence-corrected chi connectivity index (χ0v) is 8.67. The minimum Gasteiger partial charge on any atom is -0.490 e. The minimum absolute atomic E-state index is 0.0986. The molecule has 0 saturated heterocycles. The Kier molecular flexibility index (Phi) is 2.50. The van der Waals surface area contributed by atoms with E-state index in [-0.39, 0.29) is 12.2 Å². The Morgan fingerprint density at radius 3 is 2.69 bits per heavy atom. The van der Waals surface area contributed by atoms with Crippen molar-refractivity contribution in [2.75, 3.05) is 0 Å². The Morgan fingerprint density at radius 2 is 2.06 bits per heavy atom. The average molecular weight is 224 g/mol. The first-order valence-electron chi connectivity index (χ1n) is 4.84. The molecule has 1 aliphatic heterocycles. The lowest BCUT2D eigenvalue weighted by molar-refractivity contribution is -0.122. The molecule has 0 saturated carbocycles. The van der Waals surface area contributed by atoms with Gasteiger partial charge in [0.05, 0.1) is 12.7 Å². The first-order chi connectivity index (χ1) is 7.51. The summed E-state index contributed by atoms with van der Waals surface area (Å²) in [7, 11) is 0. The van der Waals surface area contributed by atoms with Gasteiger partial charge in [0.25, 0.3) is 0 Å². The summed E-state index contributed by atoms with van der Waals surface area (Å²) in [6, 6.07) is 3.51. The number of halogens is 2. The molecule has 2 nitrogen and oxygen atoms in total. The number of rotatable bonds is 1. The van der Waals surface area contributed by atoms with Gasteiger partial charge in [-0.2, -0.15) is 0 Å². The summed E-state index contributed by atoms with van der Waals surface area (Å²) in [6.45, 7) is 1.67. The maximum atomic E-state index is 13.1. The second-order valence-corrected chi connectivity index (χ2v) is 3.92. The van der Waals surface area contributed by atoms with Gasteiger partial charge in [-0.05, 0) is 24.6 Å². The van der Waals surface area contributed by atoms with Crippen LogP contribution in [0.3, 0.4) is 0 Å². The van der Waals surface area contributed by atoms with Crippen LogP contribution in [0.15, 0.2) is 30.5 Å². The van der Waals surface area contributed by atoms with E-state index in [4.69, 9.17) is 4.74 Å². The molecule has 2 rings (SSSR count). The number of hydrogen-bond acceptors (Lipinski definition) is 2. The molecule has 0 spiro atoms. The van der Waals surface area contributed by atoms with Gasteiger partial charge < -0.3 is 4.74 Å². The van der Waals surface area contributed by atoms with Gasteiger partial charge in [-0.3, -0.25) is 4.79 Å². The highest BCUT2D eigenvalue weighted by Crippen LogP contribution is 2.33. The van der Waals surface area contributed by atoms with Crippen molar-refractivity contribution >= 4 is 5.78 Å². The SMILES string of the molecule is CC1(c2ccc(F)c(F)c2)CC(=O)C=CO1. The minimum atomic E-state index is -0.940. The van der Waals surface area contributed by atoms with E-state index in [1.165, 1.54) is 18.4 Å². The van der Waals surface area contributed by atoms with Crippen molar-refractivity contribution < 1.29 is 18.3 Å². The van der Waals surface area contributed by atoms with Crippen molar-refractivity contribution in [3.63, 3.8) is 0 Å². The van der Waals surface area contributed by atoms with Crippen LogP contribution in [0, 0.1) is 11.6 Å². The van der Waals surface area contributed by atoms with E-state index < -0.39 is 17.2 Å². The number of ether oxygens (including phenoxy) is 1. The normalized spacial score (nSPS) is 24.3. The van der Waals surface area contributed by atoms with Crippen LogP contribution in [0.4, 0.5) is 8.78 Å². The maximum absolute atomic E-state index is 13.1. The van der Waals surface area contributed by atoms with Crippen LogP contribution in [-0.4, -0.2) is 5.78 Å². The van der Waals surface area contributed by atoms with Crippen LogP contribution in [-0.2, 0) is 15.1 Å². The highest BCUT2D eigenvalue weighted by atomic mass is 19.2. The Balaban J connectivity index is 2.39. The maximum Gasteiger partial charge on any atom is 0.163 e. The molecule has 84 valence electrons. The molecule has 1 aromatic carbocycles. The van der Waals surface area contributed by atoms with E-state index in [1.54, 1.807) is 6.92 Å². The number of allylic oxidation sites excluding steroid dienone is 1. The van der Waals surface area contributed by atoms with E-state index in [0.29, 0.717) is 5.56 Å². The van der Waals surface area contributed by atoms with Crippen molar-refractivity contribution in [1.82, 2.24) is 0 Å². The highest BCUT2D eigenvalue weighted by Gasteiger charge is 2.33. The number of carbonyl (C=O) groups is 1. The fourth-order valence-corrected chi connectivity index (χ4v) is 1.69. The molecule has 1 heterocycles. The van der Waals surface area contributed by atoms with E-state index >= 15 is 0 Å². The molecule has 0 aliphatic carbocycles. The third-order valence-electron chi connectivity index (χ3n) is 2.62. The lowest BCUT2D eigenvalue weighted by atomic mass is 9.89. The van der Waals surface area contributed by atoms with Crippen LogP contribution in [0.5, 0.6) is 0 Å². The molecule has 0 amide bonds. The van der Waals surface area contributed by atoms with Gasteiger partial charge in [0.1, 0.15) is 5.60 Å². The van der Waals surface area contributed by atoms with Gasteiger partial charge >= 0.3 is 0 Å². The molecule has 1 unspecified atom stereocenters. The van der Waals surface area contributed by atoms with Gasteiger partial charge in [-0.25, -0.2) is 8.78 Å². The second kappa shape index (κ2) is 3.70. The number of benzene rings is 1. The Morgan fingerprint density at radius 1 is 1.31 bits per heavy atom. The summed E-state index contributed by atoms with van der Waals surface area (Å²) in [4.78, 5) is 11.3. The van der Waals surface area contributed by atoms with Crippen LogP contribution in [0.2, 0.25) is 0 Å². The summed E-state index contributed by atoms with van der Waals surface area (Å²) in [5.41, 5.74) is -0.468. The van der Waals surface area contributed by atoms with E-state index in [1.807, 2.05) is 0 Å². The monoisotopic (exact) mass is 224 g/mol. The Bertz CT molecular complexity index is 468. The molecule has 4 heteroatoms. The van der Waals surface area contributed by atoms with E-state index in [0.717, 1.165) is 12.1 Å². The van der Waals surface area contributed by atoms with Gasteiger partial charge in [0.15, 0.2) is 17.4 Å². The van der Waals surface area contributed by atoms with Crippen molar-refractivity contribution in [2.24, 2.45) is 0 Å². The van der Waals surface area contributed by atoms with Gasteiger partial charge in [0, 0.05) is 6.08 Å². The van der Waals surface area contributed by atoms with Gasteiger partial charge in [-0.1, -0.05) is 6.07 Å². The lowest BCUT2D eigenvalue weighted by Crippen LogP contribution is -2.29. The predicted molar refractivity (Wildman–Crippen MR) is 53.6 cm³/mol. The smallest absolute Gasteiger partial charge is 0.163 e. The van der Waals surface area contributed by atoms with Gasteiger partial charge in [0.2, 0.25) is 0 Å². The van der Waals surface area contributed by atoms with Crippen LogP contribution in [0.25, 0.3) is 0 Å². The average Bonchev–Trinajstić information content (AvgIpc) is 2.21. The van der Waals surface area contributed by atoms with Crippen molar-refractivity contribution in [1.29, 1.82) is 0 Å². The highest BCUT2D eigenvalue weighted by molar-refractivity contribution is 5.91. The van der Waals surface area contributed by atoms with Crippen LogP contribution < -0.4 is 0 Å². The molecular formula is C12H10F2O2. The first-order valence-corrected chi connectivity index (χ1v) is 4.84. The molecule has 16 heavy (non-hydrogen) atoms. The predicted octanol–water partition coefficient (Wildman–Crippen LogP) is 2.68. The van der Waals surface area contributed by atoms with E-state index in [2.05, 4.69) is 0 Å². The summed E-state index contributed by atoms with van der Waals surface area (Å²) in [5.74, 6) is -1.95. The first kappa shape index (κ1) is 10.8. The van der Waals surface area contributed by atoms with Crippen molar-refractivity contribution in [3.8, 4) is 0 Å². The van der Waals surface area contributed by atoms with Crippen LogP contribution >= 0.6 is 0 Å². The lowest BCUT2D eigenvalue weighted by Gasteiger charge is -2.31. The molecule has 0 fully saturated rings. The van der Waals surface area contributed by atoms with E-state index in [9.17, 15) is 13.6 Å². The summed E-state index contributed by atoms with van der Waals surface area (Å²) in [6.07, 6.45) is 2.73. The standard InChI is InChI=1S/C12H10F2O2/c1-12(7-9(15)4-5-16-12)8-2-3-10(13)11(14)6-8/h2-6H,7H2,1H3. The summed E-state index contributed by atoms with van der Waals surface area (Å²) < 4.78 is 31.2. The molecule has 1 atom stereocenters. The molecule has 0 radical (unpaired) electrons. The fourth-order valence-electron chi connectivity index (χ4n) is 1.69. The molecular weight excluding hydrogens is 214 g/mol. The number of carbonyl (C=O) groups excluding carboxylic acids is 1. The zero-order chi connectivity index (χ0) is 11.8. The van der Waals surface area contributed by atoms with Crippen molar-refractivity contribution in [3.05, 3.63) is 47.7 Å². The second-order valence-electron chi connectivity index (χ2n) is 3.92. The molecule has 0 bridgehead atoms. The van der Waals surface area contributed by atoms with Gasteiger partial charge in [-0.15, -0.1) is 0 Å². The molecule has 1 aromatic rings. The molecule has 0 N–H and O–H groups in total. The quantitative estimate of drug-likeness (QED) is 0.733. The topological polar surface area (TPSA) is 26.3 Å². The van der Waals surface area contributed by atoms with Crippen LogP contribution in [0.1, 0.15) is 18.9 Å². The zero-order valence-electron chi connectivity index (χ0n) is 8.67. The largest absolute Gasteiger partial charge is 0.490 e. The third-order valence-corrected chi connectivity index (χ3v) is 2.62. The molecule has 1 aliphatic rings. The third kappa shape index (κ3) is 1.83. The summed E-state index contributed by atoms with van der Waals surface area (Å²) in [5, 5.41) is 0.